The Bertz CT molecular complexity index is 621. The van der Waals surface area contributed by atoms with Crippen LogP contribution in [0.1, 0.15) is 24.1 Å². The van der Waals surface area contributed by atoms with Gasteiger partial charge in [-0.05, 0) is 43.9 Å². The van der Waals surface area contributed by atoms with Crippen LogP contribution in [0.15, 0.2) is 30.3 Å². The number of rotatable bonds is 5. The molecule has 1 N–H and O–H groups in total. The number of hydrogen-bond acceptors (Lipinski definition) is 4. The molecule has 22 heavy (non-hydrogen) atoms. The second-order valence-corrected chi connectivity index (χ2v) is 6.12. The number of hydrogen-bond donors (Lipinski definition) is 1. The summed E-state index contributed by atoms with van der Waals surface area (Å²) in [7, 11) is 0. The lowest BCUT2D eigenvalue weighted by Gasteiger charge is -2.17. The van der Waals surface area contributed by atoms with E-state index in [1.165, 1.54) is 18.4 Å². The molecule has 1 aromatic heterocycles. The minimum absolute atomic E-state index is 0.718. The molecule has 0 atom stereocenters. The molecule has 116 valence electrons. The molecule has 4 nitrogen and oxygen atoms in total. The second kappa shape index (κ2) is 6.97. The first-order chi connectivity index (χ1) is 10.7. The first-order valence-electron chi connectivity index (χ1n) is 7.80. The maximum atomic E-state index is 5.90. The first-order valence-corrected chi connectivity index (χ1v) is 8.17. The SMILES string of the molecule is Cc1cc(N2CCCC2)nc(NCCc2ccc(Cl)cc2)n1. The monoisotopic (exact) mass is 316 g/mol. The van der Waals surface area contributed by atoms with E-state index in [0.29, 0.717) is 0 Å². The van der Waals surface area contributed by atoms with Crippen molar-refractivity contribution in [3.8, 4) is 0 Å². The fraction of sp³-hybridized carbons (Fsp3) is 0.412. The third kappa shape index (κ3) is 3.89. The molecule has 1 saturated heterocycles. The third-order valence-corrected chi connectivity index (χ3v) is 4.13. The van der Waals surface area contributed by atoms with Gasteiger partial charge >= 0.3 is 0 Å². The highest BCUT2D eigenvalue weighted by molar-refractivity contribution is 6.30. The van der Waals surface area contributed by atoms with Gasteiger partial charge in [0.25, 0.3) is 0 Å². The van der Waals surface area contributed by atoms with Crippen LogP contribution in [0.2, 0.25) is 5.02 Å². The fourth-order valence-electron chi connectivity index (χ4n) is 2.71. The lowest BCUT2D eigenvalue weighted by molar-refractivity contribution is 0.910. The molecule has 0 radical (unpaired) electrons. The number of nitrogens with one attached hydrogen (secondary N) is 1. The van der Waals surface area contributed by atoms with E-state index in [0.717, 1.165) is 48.5 Å². The van der Waals surface area contributed by atoms with Crippen LogP contribution in [0.25, 0.3) is 0 Å². The van der Waals surface area contributed by atoms with Gasteiger partial charge < -0.3 is 10.2 Å². The van der Waals surface area contributed by atoms with Crippen molar-refractivity contribution in [2.75, 3.05) is 29.9 Å². The molecule has 2 heterocycles. The smallest absolute Gasteiger partial charge is 0.224 e. The molecule has 1 aliphatic rings. The minimum Gasteiger partial charge on any atom is -0.356 e. The van der Waals surface area contributed by atoms with E-state index in [-0.39, 0.29) is 0 Å². The van der Waals surface area contributed by atoms with Crippen molar-refractivity contribution in [1.29, 1.82) is 0 Å². The highest BCUT2D eigenvalue weighted by atomic mass is 35.5. The Morgan fingerprint density at radius 3 is 2.59 bits per heavy atom. The van der Waals surface area contributed by atoms with Gasteiger partial charge in [0.1, 0.15) is 5.82 Å². The van der Waals surface area contributed by atoms with E-state index in [9.17, 15) is 0 Å². The molecule has 0 unspecified atom stereocenters. The summed E-state index contributed by atoms with van der Waals surface area (Å²) in [6.07, 6.45) is 3.43. The molecule has 1 aliphatic heterocycles. The van der Waals surface area contributed by atoms with Crippen molar-refractivity contribution in [2.45, 2.75) is 26.2 Å². The summed E-state index contributed by atoms with van der Waals surface area (Å²) in [6.45, 7) is 5.03. The van der Waals surface area contributed by atoms with Gasteiger partial charge in [-0.3, -0.25) is 0 Å². The molecule has 0 aliphatic carbocycles. The highest BCUT2D eigenvalue weighted by Crippen LogP contribution is 2.19. The summed E-state index contributed by atoms with van der Waals surface area (Å²) < 4.78 is 0. The zero-order valence-electron chi connectivity index (χ0n) is 12.8. The van der Waals surface area contributed by atoms with Crippen LogP contribution >= 0.6 is 11.6 Å². The highest BCUT2D eigenvalue weighted by Gasteiger charge is 2.14. The van der Waals surface area contributed by atoms with Crippen LogP contribution in [0, 0.1) is 6.92 Å². The summed E-state index contributed by atoms with van der Waals surface area (Å²) in [4.78, 5) is 11.5. The average Bonchev–Trinajstić information content (AvgIpc) is 3.03. The normalized spacial score (nSPS) is 14.4. The molecule has 1 aromatic carbocycles. The summed E-state index contributed by atoms with van der Waals surface area (Å²) in [6, 6.07) is 10.0. The number of halogens is 1. The molecule has 0 spiro atoms. The molecule has 5 heteroatoms. The van der Waals surface area contributed by atoms with Gasteiger partial charge in [-0.1, -0.05) is 23.7 Å². The van der Waals surface area contributed by atoms with Gasteiger partial charge in [-0.2, -0.15) is 4.98 Å². The summed E-state index contributed by atoms with van der Waals surface area (Å²) in [5.41, 5.74) is 2.26. The van der Waals surface area contributed by atoms with Crippen LogP contribution in [0.5, 0.6) is 0 Å². The second-order valence-electron chi connectivity index (χ2n) is 5.69. The maximum Gasteiger partial charge on any atom is 0.224 e. The Kier molecular flexibility index (Phi) is 4.78. The fourth-order valence-corrected chi connectivity index (χ4v) is 2.83. The molecular weight excluding hydrogens is 296 g/mol. The topological polar surface area (TPSA) is 41.1 Å². The molecular formula is C17H21ClN4. The molecule has 0 bridgehead atoms. The van der Waals surface area contributed by atoms with E-state index >= 15 is 0 Å². The number of aromatic nitrogens is 2. The summed E-state index contributed by atoms with van der Waals surface area (Å²) in [5, 5.41) is 4.10. The third-order valence-electron chi connectivity index (χ3n) is 3.88. The van der Waals surface area contributed by atoms with E-state index in [1.54, 1.807) is 0 Å². The lowest BCUT2D eigenvalue weighted by atomic mass is 10.1. The summed E-state index contributed by atoms with van der Waals surface area (Å²) in [5.74, 6) is 1.76. The Balaban J connectivity index is 1.61. The van der Waals surface area contributed by atoms with Crippen LogP contribution in [-0.4, -0.2) is 29.6 Å². The number of nitrogens with zero attached hydrogens (tertiary/aromatic N) is 3. The lowest BCUT2D eigenvalue weighted by Crippen LogP contribution is -2.20. The van der Waals surface area contributed by atoms with Crippen molar-refractivity contribution >= 4 is 23.4 Å². The van der Waals surface area contributed by atoms with E-state index in [1.807, 2.05) is 19.1 Å². The zero-order chi connectivity index (χ0) is 15.4. The molecule has 0 amide bonds. The summed E-state index contributed by atoms with van der Waals surface area (Å²) >= 11 is 5.90. The Morgan fingerprint density at radius 1 is 1.14 bits per heavy atom. The average molecular weight is 317 g/mol. The van der Waals surface area contributed by atoms with Crippen molar-refractivity contribution < 1.29 is 0 Å². The van der Waals surface area contributed by atoms with E-state index in [4.69, 9.17) is 11.6 Å². The predicted octanol–water partition coefficient (Wildman–Crippen LogP) is 3.69. The van der Waals surface area contributed by atoms with Gasteiger partial charge in [0, 0.05) is 36.4 Å². The predicted molar refractivity (Wildman–Crippen MR) is 91.9 cm³/mol. The molecule has 2 aromatic rings. The van der Waals surface area contributed by atoms with Crippen LogP contribution in [0.3, 0.4) is 0 Å². The molecule has 3 rings (SSSR count). The van der Waals surface area contributed by atoms with Gasteiger partial charge in [0.2, 0.25) is 5.95 Å². The van der Waals surface area contributed by atoms with Crippen molar-refractivity contribution in [1.82, 2.24) is 9.97 Å². The van der Waals surface area contributed by atoms with E-state index in [2.05, 4.69) is 38.4 Å². The van der Waals surface area contributed by atoms with Gasteiger partial charge in [0.15, 0.2) is 0 Å². The molecule has 0 saturated carbocycles. The number of benzene rings is 1. The van der Waals surface area contributed by atoms with E-state index < -0.39 is 0 Å². The largest absolute Gasteiger partial charge is 0.356 e. The van der Waals surface area contributed by atoms with Crippen LogP contribution in [0.4, 0.5) is 11.8 Å². The van der Waals surface area contributed by atoms with Crippen LogP contribution in [-0.2, 0) is 6.42 Å². The quantitative estimate of drug-likeness (QED) is 0.913. The Labute approximate surface area is 136 Å². The van der Waals surface area contributed by atoms with Gasteiger partial charge in [-0.25, -0.2) is 4.98 Å². The Hall–Kier alpha value is -1.81. The maximum absolute atomic E-state index is 5.90. The number of aryl methyl sites for hydroxylation is 1. The van der Waals surface area contributed by atoms with Crippen molar-refractivity contribution in [3.63, 3.8) is 0 Å². The van der Waals surface area contributed by atoms with Crippen molar-refractivity contribution in [2.24, 2.45) is 0 Å². The minimum atomic E-state index is 0.718. The Morgan fingerprint density at radius 2 is 1.86 bits per heavy atom. The van der Waals surface area contributed by atoms with Crippen molar-refractivity contribution in [3.05, 3.63) is 46.6 Å². The zero-order valence-corrected chi connectivity index (χ0v) is 13.6. The van der Waals surface area contributed by atoms with Gasteiger partial charge in [0.05, 0.1) is 0 Å². The standard InChI is InChI=1S/C17H21ClN4/c1-13-12-16(22-10-2-3-11-22)21-17(20-13)19-9-8-14-4-6-15(18)7-5-14/h4-7,12H,2-3,8-11H2,1H3,(H,19,20,21). The van der Waals surface area contributed by atoms with Crippen LogP contribution < -0.4 is 10.2 Å². The van der Waals surface area contributed by atoms with Gasteiger partial charge in [-0.15, -0.1) is 0 Å². The number of anilines is 2. The molecule has 1 fully saturated rings. The first kappa shape index (κ1) is 15.1.